The zero-order valence-electron chi connectivity index (χ0n) is 9.46. The molecule has 1 aliphatic heterocycles. The van der Waals surface area contributed by atoms with Gasteiger partial charge in [0, 0.05) is 19.2 Å². The predicted molar refractivity (Wildman–Crippen MR) is 60.5 cm³/mol. The van der Waals surface area contributed by atoms with Crippen molar-refractivity contribution in [2.24, 2.45) is 5.92 Å². The summed E-state index contributed by atoms with van der Waals surface area (Å²) in [7, 11) is 0. The van der Waals surface area contributed by atoms with Gasteiger partial charge in [0.15, 0.2) is 0 Å². The van der Waals surface area contributed by atoms with Crippen LogP contribution in [0.2, 0.25) is 0 Å². The van der Waals surface area contributed by atoms with Gasteiger partial charge in [-0.2, -0.15) is 5.10 Å². The Morgan fingerprint density at radius 1 is 1.56 bits per heavy atom. The molecule has 0 saturated carbocycles. The zero-order chi connectivity index (χ0) is 11.5. The zero-order valence-corrected chi connectivity index (χ0v) is 9.46. The van der Waals surface area contributed by atoms with E-state index in [0.29, 0.717) is 6.54 Å². The lowest BCUT2D eigenvalue weighted by Crippen LogP contribution is -2.24. The fraction of sp³-hybridized carbons (Fsp3) is 0.636. The van der Waals surface area contributed by atoms with Gasteiger partial charge in [-0.1, -0.05) is 6.92 Å². The van der Waals surface area contributed by atoms with E-state index in [-0.39, 0.29) is 0 Å². The van der Waals surface area contributed by atoms with E-state index in [1.165, 1.54) is 12.8 Å². The minimum atomic E-state index is -0.775. The van der Waals surface area contributed by atoms with Crippen molar-refractivity contribution in [1.82, 2.24) is 9.78 Å². The number of anilines is 1. The van der Waals surface area contributed by atoms with Crippen LogP contribution in [0.1, 0.15) is 19.8 Å². The van der Waals surface area contributed by atoms with Gasteiger partial charge in [-0.15, -0.1) is 0 Å². The first kappa shape index (κ1) is 11.0. The summed E-state index contributed by atoms with van der Waals surface area (Å²) in [6, 6.07) is 1.96. The second kappa shape index (κ2) is 4.55. The van der Waals surface area contributed by atoms with Crippen LogP contribution in [0, 0.1) is 5.92 Å². The van der Waals surface area contributed by atoms with Gasteiger partial charge in [0.05, 0.1) is 18.7 Å². The molecule has 88 valence electrons. The normalized spacial score (nSPS) is 17.7. The summed E-state index contributed by atoms with van der Waals surface area (Å²) in [5, 5.41) is 13.1. The highest BCUT2D eigenvalue weighted by molar-refractivity contribution is 5.69. The first-order valence-electron chi connectivity index (χ1n) is 5.68. The number of rotatable bonds is 4. The van der Waals surface area contributed by atoms with E-state index in [1.807, 2.05) is 6.07 Å². The average molecular weight is 223 g/mol. The Morgan fingerprint density at radius 2 is 2.25 bits per heavy atom. The molecule has 0 spiro atoms. The minimum Gasteiger partial charge on any atom is -0.481 e. The van der Waals surface area contributed by atoms with Gasteiger partial charge in [0.1, 0.15) is 5.82 Å². The minimum absolute atomic E-state index is 0.402. The van der Waals surface area contributed by atoms with E-state index >= 15 is 0 Å². The molecule has 1 atom stereocenters. The van der Waals surface area contributed by atoms with Crippen molar-refractivity contribution in [1.29, 1.82) is 0 Å². The summed E-state index contributed by atoms with van der Waals surface area (Å²) in [6.07, 6.45) is 4.15. The predicted octanol–water partition coefficient (Wildman–Crippen LogP) is 1.20. The molecule has 1 saturated heterocycles. The molecule has 1 aromatic heterocycles. The van der Waals surface area contributed by atoms with E-state index in [2.05, 4.69) is 10.00 Å². The van der Waals surface area contributed by atoms with Crippen LogP contribution in [0.25, 0.3) is 0 Å². The molecular formula is C11H17N3O2. The lowest BCUT2D eigenvalue weighted by molar-refractivity contribution is -0.141. The van der Waals surface area contributed by atoms with Crippen molar-refractivity contribution in [3.8, 4) is 0 Å². The molecule has 5 heteroatoms. The molecule has 1 aromatic rings. The highest BCUT2D eigenvalue weighted by atomic mass is 16.4. The second-order valence-electron chi connectivity index (χ2n) is 4.30. The van der Waals surface area contributed by atoms with Crippen molar-refractivity contribution in [3.05, 3.63) is 12.3 Å². The lowest BCUT2D eigenvalue weighted by atomic mass is 10.2. The number of aliphatic carboxylic acids is 1. The monoisotopic (exact) mass is 223 g/mol. The maximum absolute atomic E-state index is 10.8. The molecule has 16 heavy (non-hydrogen) atoms. The third-order valence-corrected chi connectivity index (χ3v) is 2.99. The van der Waals surface area contributed by atoms with Gasteiger partial charge in [-0.05, 0) is 12.8 Å². The Labute approximate surface area is 94.7 Å². The van der Waals surface area contributed by atoms with Crippen LogP contribution in [0.4, 0.5) is 5.82 Å². The molecule has 0 aliphatic carbocycles. The van der Waals surface area contributed by atoms with Crippen molar-refractivity contribution < 1.29 is 9.90 Å². The first-order valence-corrected chi connectivity index (χ1v) is 5.68. The fourth-order valence-electron chi connectivity index (χ4n) is 2.02. The largest absolute Gasteiger partial charge is 0.481 e. The summed E-state index contributed by atoms with van der Waals surface area (Å²) in [6.45, 7) is 4.24. The van der Waals surface area contributed by atoms with Crippen LogP contribution in [0.3, 0.4) is 0 Å². The van der Waals surface area contributed by atoms with Crippen LogP contribution in [-0.4, -0.2) is 33.9 Å². The molecule has 0 aromatic carbocycles. The Balaban J connectivity index is 2.09. The molecule has 2 heterocycles. The molecule has 0 amide bonds. The van der Waals surface area contributed by atoms with E-state index in [4.69, 9.17) is 5.11 Å². The van der Waals surface area contributed by atoms with Gasteiger partial charge in [0.25, 0.3) is 0 Å². The molecule has 5 nitrogen and oxygen atoms in total. The smallest absolute Gasteiger partial charge is 0.308 e. The summed E-state index contributed by atoms with van der Waals surface area (Å²) < 4.78 is 1.80. The Kier molecular flexibility index (Phi) is 3.12. The topological polar surface area (TPSA) is 58.4 Å². The fourth-order valence-corrected chi connectivity index (χ4v) is 2.02. The molecule has 1 N–H and O–H groups in total. The molecule has 0 bridgehead atoms. The molecule has 1 fully saturated rings. The highest BCUT2D eigenvalue weighted by Crippen LogP contribution is 2.20. The van der Waals surface area contributed by atoms with Gasteiger partial charge < -0.3 is 10.0 Å². The maximum atomic E-state index is 10.8. The first-order chi connectivity index (χ1) is 7.68. The number of carboxylic acid groups (broad SMARTS) is 1. The maximum Gasteiger partial charge on any atom is 0.308 e. The van der Waals surface area contributed by atoms with Crippen molar-refractivity contribution in [3.63, 3.8) is 0 Å². The molecule has 0 radical (unpaired) electrons. The van der Waals surface area contributed by atoms with Crippen molar-refractivity contribution in [2.75, 3.05) is 18.0 Å². The summed E-state index contributed by atoms with van der Waals surface area (Å²) in [4.78, 5) is 13.1. The standard InChI is InChI=1S/C11H17N3O2/c1-9(11(15)16)8-14-10(4-5-12-14)13-6-2-3-7-13/h4-5,9H,2-3,6-8H2,1H3,(H,15,16). The number of hydrogen-bond acceptors (Lipinski definition) is 3. The van der Waals surface area contributed by atoms with Crippen LogP contribution >= 0.6 is 0 Å². The van der Waals surface area contributed by atoms with E-state index in [9.17, 15) is 4.79 Å². The second-order valence-corrected chi connectivity index (χ2v) is 4.30. The van der Waals surface area contributed by atoms with E-state index in [1.54, 1.807) is 17.8 Å². The van der Waals surface area contributed by atoms with Crippen LogP contribution in [0.15, 0.2) is 12.3 Å². The number of nitrogens with zero attached hydrogens (tertiary/aromatic N) is 3. The molecule has 2 rings (SSSR count). The van der Waals surface area contributed by atoms with Crippen LogP contribution < -0.4 is 4.90 Å². The number of carbonyl (C=O) groups is 1. The Hall–Kier alpha value is -1.52. The Morgan fingerprint density at radius 3 is 2.88 bits per heavy atom. The third-order valence-electron chi connectivity index (χ3n) is 2.99. The van der Waals surface area contributed by atoms with Crippen molar-refractivity contribution >= 4 is 11.8 Å². The summed E-state index contributed by atoms with van der Waals surface area (Å²) in [5.74, 6) is -0.130. The molecular weight excluding hydrogens is 206 g/mol. The SMILES string of the molecule is CC(Cn1nccc1N1CCCC1)C(=O)O. The number of carboxylic acids is 1. The number of hydrogen-bond donors (Lipinski definition) is 1. The average Bonchev–Trinajstić information content (AvgIpc) is 2.85. The summed E-state index contributed by atoms with van der Waals surface area (Å²) >= 11 is 0. The van der Waals surface area contributed by atoms with Crippen LogP contribution in [0.5, 0.6) is 0 Å². The highest BCUT2D eigenvalue weighted by Gasteiger charge is 2.19. The van der Waals surface area contributed by atoms with Gasteiger partial charge in [-0.25, -0.2) is 4.68 Å². The number of aromatic nitrogens is 2. The molecule has 1 aliphatic rings. The third kappa shape index (κ3) is 2.18. The summed E-state index contributed by atoms with van der Waals surface area (Å²) in [5.41, 5.74) is 0. The lowest BCUT2D eigenvalue weighted by Gasteiger charge is -2.19. The Bertz CT molecular complexity index is 369. The van der Waals surface area contributed by atoms with Gasteiger partial charge in [-0.3, -0.25) is 4.79 Å². The quantitative estimate of drug-likeness (QED) is 0.833. The van der Waals surface area contributed by atoms with E-state index in [0.717, 1.165) is 18.9 Å². The van der Waals surface area contributed by atoms with Crippen LogP contribution in [-0.2, 0) is 11.3 Å². The van der Waals surface area contributed by atoms with Crippen molar-refractivity contribution in [2.45, 2.75) is 26.3 Å². The van der Waals surface area contributed by atoms with Gasteiger partial charge in [0.2, 0.25) is 0 Å². The van der Waals surface area contributed by atoms with Gasteiger partial charge >= 0.3 is 5.97 Å². The van der Waals surface area contributed by atoms with E-state index < -0.39 is 11.9 Å². The molecule has 1 unspecified atom stereocenters.